The maximum absolute atomic E-state index is 12.6. The van der Waals surface area contributed by atoms with Crippen molar-refractivity contribution in [3.05, 3.63) is 123 Å². The fourth-order valence-electron chi connectivity index (χ4n) is 3.37. The third kappa shape index (κ3) is 7.44. The van der Waals surface area contributed by atoms with Gasteiger partial charge in [0.1, 0.15) is 0 Å². The summed E-state index contributed by atoms with van der Waals surface area (Å²) in [6.07, 6.45) is 1.41. The maximum Gasteiger partial charge on any atom is 0.343 e. The topological polar surface area (TPSA) is 106 Å². The number of carbonyl (C=O) groups is 3. The van der Waals surface area contributed by atoms with Gasteiger partial charge in [0.15, 0.2) is 11.5 Å². The molecule has 0 aromatic heterocycles. The predicted molar refractivity (Wildman–Crippen MR) is 150 cm³/mol. The fraction of sp³-hybridized carbons (Fsp3) is 0.0345. The lowest BCUT2D eigenvalue weighted by atomic mass is 10.1. The molecular formula is C29H21Cl2N3O5. The molecule has 10 heteroatoms. The van der Waals surface area contributed by atoms with Crippen molar-refractivity contribution in [3.8, 4) is 11.5 Å². The molecule has 0 aliphatic rings. The third-order valence-electron chi connectivity index (χ3n) is 5.34. The van der Waals surface area contributed by atoms with Gasteiger partial charge in [-0.3, -0.25) is 9.59 Å². The molecule has 196 valence electrons. The van der Waals surface area contributed by atoms with Crippen LogP contribution in [0.15, 0.2) is 96.1 Å². The lowest BCUT2D eigenvalue weighted by Gasteiger charge is -2.10. The van der Waals surface area contributed by atoms with Crippen LogP contribution in [0.5, 0.6) is 11.5 Å². The van der Waals surface area contributed by atoms with E-state index in [2.05, 4.69) is 15.8 Å². The van der Waals surface area contributed by atoms with Crippen LogP contribution in [0, 0.1) is 0 Å². The highest BCUT2D eigenvalue weighted by Crippen LogP contribution is 2.28. The Labute approximate surface area is 234 Å². The molecule has 4 rings (SSSR count). The number of benzene rings is 4. The van der Waals surface area contributed by atoms with E-state index in [0.717, 1.165) is 0 Å². The largest absolute Gasteiger partial charge is 0.493 e. The first-order chi connectivity index (χ1) is 18.8. The highest BCUT2D eigenvalue weighted by Gasteiger charge is 2.13. The van der Waals surface area contributed by atoms with Gasteiger partial charge in [-0.05, 0) is 90.5 Å². The number of hydrazone groups is 1. The molecule has 0 saturated heterocycles. The Morgan fingerprint density at radius 2 is 1.41 bits per heavy atom. The second kappa shape index (κ2) is 12.7. The summed E-state index contributed by atoms with van der Waals surface area (Å²) in [5, 5.41) is 7.76. The molecular weight excluding hydrogens is 541 g/mol. The molecule has 0 bridgehead atoms. The number of nitrogens with zero attached hydrogens (tertiary/aromatic N) is 1. The van der Waals surface area contributed by atoms with E-state index >= 15 is 0 Å². The van der Waals surface area contributed by atoms with Crippen molar-refractivity contribution in [1.29, 1.82) is 0 Å². The van der Waals surface area contributed by atoms with Gasteiger partial charge in [0.05, 0.1) is 18.9 Å². The minimum absolute atomic E-state index is 0.219. The van der Waals surface area contributed by atoms with Crippen molar-refractivity contribution in [2.24, 2.45) is 5.10 Å². The van der Waals surface area contributed by atoms with Crippen molar-refractivity contribution in [2.75, 3.05) is 12.4 Å². The van der Waals surface area contributed by atoms with Crippen LogP contribution in [0.3, 0.4) is 0 Å². The number of rotatable bonds is 8. The van der Waals surface area contributed by atoms with E-state index in [9.17, 15) is 14.4 Å². The van der Waals surface area contributed by atoms with E-state index in [0.29, 0.717) is 43.7 Å². The Bertz CT molecular complexity index is 1540. The molecule has 0 unspecified atom stereocenters. The summed E-state index contributed by atoms with van der Waals surface area (Å²) < 4.78 is 10.8. The van der Waals surface area contributed by atoms with E-state index in [1.807, 2.05) is 0 Å². The molecule has 0 aliphatic carbocycles. The van der Waals surface area contributed by atoms with E-state index in [1.165, 1.54) is 19.4 Å². The van der Waals surface area contributed by atoms with E-state index in [-0.39, 0.29) is 11.7 Å². The molecule has 0 spiro atoms. The number of carbonyl (C=O) groups excluding carboxylic acids is 3. The second-order valence-electron chi connectivity index (χ2n) is 8.05. The normalized spacial score (nSPS) is 10.6. The minimum atomic E-state index is -0.565. The van der Waals surface area contributed by atoms with Crippen molar-refractivity contribution < 1.29 is 23.9 Å². The zero-order valence-corrected chi connectivity index (χ0v) is 22.0. The van der Waals surface area contributed by atoms with E-state index < -0.39 is 11.9 Å². The fourth-order valence-corrected chi connectivity index (χ4v) is 3.62. The molecule has 2 amide bonds. The van der Waals surface area contributed by atoms with Gasteiger partial charge in [0.25, 0.3) is 11.8 Å². The first kappa shape index (κ1) is 27.4. The first-order valence-electron chi connectivity index (χ1n) is 11.5. The summed E-state index contributed by atoms with van der Waals surface area (Å²) in [5.41, 5.74) is 4.53. The Morgan fingerprint density at radius 1 is 0.744 bits per heavy atom. The van der Waals surface area contributed by atoms with Crippen LogP contribution in [-0.2, 0) is 0 Å². The van der Waals surface area contributed by atoms with Gasteiger partial charge in [-0.15, -0.1) is 0 Å². The summed E-state index contributed by atoms with van der Waals surface area (Å²) in [6.45, 7) is 0. The zero-order chi connectivity index (χ0) is 27.8. The van der Waals surface area contributed by atoms with E-state index in [4.69, 9.17) is 32.7 Å². The number of hydrogen-bond donors (Lipinski definition) is 2. The number of methoxy groups -OCH3 is 1. The average molecular weight is 562 g/mol. The molecule has 4 aromatic rings. The summed E-state index contributed by atoms with van der Waals surface area (Å²) in [5.74, 6) is -0.856. The summed E-state index contributed by atoms with van der Waals surface area (Å²) >= 11 is 11.7. The predicted octanol–water partition coefficient (Wildman–Crippen LogP) is 6.24. The lowest BCUT2D eigenvalue weighted by molar-refractivity contribution is 0.0729. The van der Waals surface area contributed by atoms with Crippen LogP contribution in [0.4, 0.5) is 5.69 Å². The molecule has 39 heavy (non-hydrogen) atoms. The summed E-state index contributed by atoms with van der Waals surface area (Å²) in [4.78, 5) is 37.4. The molecule has 0 heterocycles. The third-order valence-corrected chi connectivity index (χ3v) is 5.84. The number of ether oxygens (including phenoxy) is 2. The average Bonchev–Trinajstić information content (AvgIpc) is 2.94. The zero-order valence-electron chi connectivity index (χ0n) is 20.5. The maximum atomic E-state index is 12.6. The SMILES string of the molecule is COc1cc(C=NNC(=O)c2cccc(NC(=O)c3ccc(Cl)cc3)c2)ccc1OC(=O)c1ccc(Cl)cc1. The Balaban J connectivity index is 1.37. The molecule has 0 saturated carbocycles. The Kier molecular flexibility index (Phi) is 8.94. The number of nitrogens with one attached hydrogen (secondary N) is 2. The standard InChI is InChI=1S/C29H21Cl2N3O5/c1-38-26-15-18(5-14-25(26)39-29(37)20-8-12-23(31)13-9-20)17-32-34-28(36)21-3-2-4-24(16-21)33-27(35)19-6-10-22(30)11-7-19/h2-17H,1H3,(H,33,35)(H,34,36). The molecule has 4 aromatic carbocycles. The monoisotopic (exact) mass is 561 g/mol. The summed E-state index contributed by atoms with van der Waals surface area (Å²) in [6, 6.07) is 24.0. The highest BCUT2D eigenvalue weighted by atomic mass is 35.5. The van der Waals surface area contributed by atoms with Gasteiger partial charge in [0, 0.05) is 26.9 Å². The van der Waals surface area contributed by atoms with Gasteiger partial charge < -0.3 is 14.8 Å². The first-order valence-corrected chi connectivity index (χ1v) is 12.2. The number of amides is 2. The molecule has 8 nitrogen and oxygen atoms in total. The lowest BCUT2D eigenvalue weighted by Crippen LogP contribution is -2.18. The van der Waals surface area contributed by atoms with Crippen LogP contribution >= 0.6 is 23.2 Å². The highest BCUT2D eigenvalue weighted by molar-refractivity contribution is 6.31. The molecule has 2 N–H and O–H groups in total. The molecule has 0 aliphatic heterocycles. The van der Waals surface area contributed by atoms with Crippen molar-refractivity contribution >= 4 is 52.9 Å². The van der Waals surface area contributed by atoms with Crippen LogP contribution in [-0.4, -0.2) is 31.1 Å². The number of hydrogen-bond acceptors (Lipinski definition) is 6. The molecule has 0 fully saturated rings. The molecule has 0 atom stereocenters. The van der Waals surface area contributed by atoms with Gasteiger partial charge >= 0.3 is 5.97 Å². The molecule has 0 radical (unpaired) electrons. The van der Waals surface area contributed by atoms with E-state index in [1.54, 1.807) is 84.9 Å². The van der Waals surface area contributed by atoms with Crippen molar-refractivity contribution in [3.63, 3.8) is 0 Å². The van der Waals surface area contributed by atoms with Crippen molar-refractivity contribution in [1.82, 2.24) is 5.43 Å². The van der Waals surface area contributed by atoms with Gasteiger partial charge in [-0.2, -0.15) is 5.10 Å². The number of anilines is 1. The van der Waals surface area contributed by atoms with Gasteiger partial charge in [0.2, 0.25) is 0 Å². The van der Waals surface area contributed by atoms with Crippen LogP contribution in [0.2, 0.25) is 10.0 Å². The summed E-state index contributed by atoms with van der Waals surface area (Å²) in [7, 11) is 1.44. The Hall–Kier alpha value is -4.66. The minimum Gasteiger partial charge on any atom is -0.493 e. The number of esters is 1. The van der Waals surface area contributed by atoms with Crippen molar-refractivity contribution in [2.45, 2.75) is 0 Å². The van der Waals surface area contributed by atoms with Gasteiger partial charge in [-0.1, -0.05) is 29.3 Å². The second-order valence-corrected chi connectivity index (χ2v) is 8.92. The number of halogens is 2. The van der Waals surface area contributed by atoms with Crippen LogP contribution in [0.25, 0.3) is 0 Å². The Morgan fingerprint density at radius 3 is 2.08 bits per heavy atom. The van der Waals surface area contributed by atoms with Crippen LogP contribution in [0.1, 0.15) is 36.6 Å². The van der Waals surface area contributed by atoms with Crippen LogP contribution < -0.4 is 20.2 Å². The smallest absolute Gasteiger partial charge is 0.343 e. The van der Waals surface area contributed by atoms with Gasteiger partial charge in [-0.25, -0.2) is 10.2 Å². The quantitative estimate of drug-likeness (QED) is 0.115.